The predicted octanol–water partition coefficient (Wildman–Crippen LogP) is 0.0813. The van der Waals surface area contributed by atoms with E-state index in [2.05, 4.69) is 4.99 Å². The summed E-state index contributed by atoms with van der Waals surface area (Å²) in [6.07, 6.45) is -0.0567. The summed E-state index contributed by atoms with van der Waals surface area (Å²) < 4.78 is 5.02. The Hall–Kier alpha value is -1.82. The molecule has 0 aliphatic carbocycles. The molecule has 1 aromatic rings. The minimum Gasteiger partial charge on any atom is -0.522 e. The average molecular weight is 219 g/mol. The van der Waals surface area contributed by atoms with E-state index in [9.17, 15) is 9.82 Å². The first-order valence-electron chi connectivity index (χ1n) is 4.81. The number of carbonyl (C=O) groups is 1. The Bertz CT molecular complexity index is 472. The molecule has 2 rings (SSSR count). The zero-order valence-corrected chi connectivity index (χ0v) is 8.67. The lowest BCUT2D eigenvalue weighted by molar-refractivity contribution is -0.136. The first kappa shape index (κ1) is 10.7. The number of carboxylic acids is 1. The lowest BCUT2D eigenvalue weighted by atomic mass is 9.77. The molecule has 0 unspecified atom stereocenters. The van der Waals surface area contributed by atoms with Crippen LogP contribution in [0.1, 0.15) is 12.5 Å². The molecular formula is C10H10BNO4. The molecule has 1 heterocycles. The van der Waals surface area contributed by atoms with Crippen molar-refractivity contribution in [3.63, 3.8) is 0 Å². The van der Waals surface area contributed by atoms with Crippen molar-refractivity contribution in [1.29, 1.82) is 0 Å². The molecule has 1 aliphatic heterocycles. The second-order valence-corrected chi connectivity index (χ2v) is 3.56. The van der Waals surface area contributed by atoms with Crippen LogP contribution >= 0.6 is 0 Å². The number of aliphatic imine (C=N–C) groups is 1. The first-order chi connectivity index (χ1) is 7.56. The Morgan fingerprint density at radius 3 is 3.00 bits per heavy atom. The molecule has 0 amide bonds. The second kappa shape index (κ2) is 3.98. The number of carboxylic acid groups (broad SMARTS) is 1. The molecule has 0 atom stereocenters. The molecule has 0 aromatic heterocycles. The molecule has 0 fully saturated rings. The Labute approximate surface area is 92.5 Å². The highest BCUT2D eigenvalue weighted by Crippen LogP contribution is 2.17. The summed E-state index contributed by atoms with van der Waals surface area (Å²) in [6, 6.07) is 4.93. The quantitative estimate of drug-likeness (QED) is 0.690. The van der Waals surface area contributed by atoms with Crippen molar-refractivity contribution in [3.8, 4) is 0 Å². The van der Waals surface area contributed by atoms with Gasteiger partial charge in [-0.1, -0.05) is 12.1 Å². The Balaban J connectivity index is 2.39. The molecule has 0 radical (unpaired) electrons. The molecule has 1 aliphatic rings. The van der Waals surface area contributed by atoms with Crippen molar-refractivity contribution in [3.05, 3.63) is 23.8 Å². The van der Waals surface area contributed by atoms with Gasteiger partial charge in [-0.05, 0) is 11.6 Å². The maximum absolute atomic E-state index is 10.6. The molecule has 82 valence electrons. The lowest BCUT2D eigenvalue weighted by Gasteiger charge is -2.17. The maximum Gasteiger partial charge on any atom is 0.563 e. The van der Waals surface area contributed by atoms with Crippen LogP contribution in [0.3, 0.4) is 0 Å². The van der Waals surface area contributed by atoms with Crippen molar-refractivity contribution in [2.75, 3.05) is 0 Å². The summed E-state index contributed by atoms with van der Waals surface area (Å²) >= 11 is 0. The zero-order valence-electron chi connectivity index (χ0n) is 8.67. The van der Waals surface area contributed by atoms with Crippen LogP contribution in [0.15, 0.2) is 23.2 Å². The minimum atomic E-state index is -1.02. The smallest absolute Gasteiger partial charge is 0.522 e. The fourth-order valence-corrected chi connectivity index (χ4v) is 1.60. The molecule has 0 saturated carbocycles. The summed E-state index contributed by atoms with van der Waals surface area (Å²) in [5.41, 5.74) is 1.77. The van der Waals surface area contributed by atoms with Gasteiger partial charge in [0.05, 0.1) is 12.1 Å². The molecule has 0 spiro atoms. The highest BCUT2D eigenvalue weighted by atomic mass is 16.5. The minimum absolute atomic E-state index is 0.0567. The number of hydrogen-bond donors (Lipinski definition) is 2. The van der Waals surface area contributed by atoms with Crippen molar-refractivity contribution in [2.24, 2.45) is 4.99 Å². The third kappa shape index (κ3) is 2.06. The lowest BCUT2D eigenvalue weighted by Crippen LogP contribution is -2.38. The maximum atomic E-state index is 10.6. The molecule has 1 aromatic carbocycles. The van der Waals surface area contributed by atoms with Gasteiger partial charge in [0, 0.05) is 12.4 Å². The van der Waals surface area contributed by atoms with Gasteiger partial charge in [-0.25, -0.2) is 4.99 Å². The number of nitrogens with zero attached hydrogens (tertiary/aromatic N) is 1. The molecule has 5 nitrogen and oxygen atoms in total. The fourth-order valence-electron chi connectivity index (χ4n) is 1.60. The Kier molecular flexibility index (Phi) is 2.66. The summed E-state index contributed by atoms with van der Waals surface area (Å²) in [5.74, 6) is -0.527. The van der Waals surface area contributed by atoms with Crippen LogP contribution in [0.25, 0.3) is 0 Å². The van der Waals surface area contributed by atoms with E-state index in [1.54, 1.807) is 25.1 Å². The van der Waals surface area contributed by atoms with Gasteiger partial charge in [0.15, 0.2) is 5.90 Å². The van der Waals surface area contributed by atoms with E-state index in [1.807, 2.05) is 0 Å². The van der Waals surface area contributed by atoms with Gasteiger partial charge in [0.2, 0.25) is 0 Å². The van der Waals surface area contributed by atoms with Crippen LogP contribution in [-0.4, -0.2) is 29.1 Å². The molecule has 0 bridgehead atoms. The molecule has 6 heteroatoms. The van der Waals surface area contributed by atoms with E-state index < -0.39 is 13.1 Å². The summed E-state index contributed by atoms with van der Waals surface area (Å²) in [6.45, 7) is 1.63. The first-order valence-corrected chi connectivity index (χ1v) is 4.81. The van der Waals surface area contributed by atoms with E-state index in [-0.39, 0.29) is 6.42 Å². The van der Waals surface area contributed by atoms with Gasteiger partial charge in [-0.3, -0.25) is 4.79 Å². The molecule has 0 saturated heterocycles. The van der Waals surface area contributed by atoms with Gasteiger partial charge in [0.1, 0.15) is 0 Å². The van der Waals surface area contributed by atoms with Crippen LogP contribution in [0, 0.1) is 0 Å². The van der Waals surface area contributed by atoms with E-state index in [4.69, 9.17) is 9.76 Å². The van der Waals surface area contributed by atoms with Crippen molar-refractivity contribution >= 4 is 30.1 Å². The van der Waals surface area contributed by atoms with E-state index in [0.29, 0.717) is 22.6 Å². The average Bonchev–Trinajstić information content (AvgIpc) is 2.15. The number of benzene rings is 1. The van der Waals surface area contributed by atoms with Crippen molar-refractivity contribution < 1.29 is 19.6 Å². The number of fused-ring (bicyclic) bond motifs is 1. The predicted molar refractivity (Wildman–Crippen MR) is 59.2 cm³/mol. The third-order valence-electron chi connectivity index (χ3n) is 2.28. The van der Waals surface area contributed by atoms with Gasteiger partial charge in [-0.2, -0.15) is 0 Å². The monoisotopic (exact) mass is 219 g/mol. The molecule has 2 N–H and O–H groups in total. The van der Waals surface area contributed by atoms with Gasteiger partial charge in [-0.15, -0.1) is 0 Å². The van der Waals surface area contributed by atoms with Crippen molar-refractivity contribution in [1.82, 2.24) is 0 Å². The van der Waals surface area contributed by atoms with E-state index >= 15 is 0 Å². The standard InChI is InChI=1S/C10H10BNO4/c1-6-12-9-4-7(5-10(13)14)2-3-8(9)11(15)16-6/h2-4,15H,5H2,1H3,(H,13,14). The highest BCUT2D eigenvalue weighted by Gasteiger charge is 2.26. The van der Waals surface area contributed by atoms with Gasteiger partial charge >= 0.3 is 13.1 Å². The Morgan fingerprint density at radius 1 is 1.56 bits per heavy atom. The largest absolute Gasteiger partial charge is 0.563 e. The van der Waals surface area contributed by atoms with Crippen molar-refractivity contribution in [2.45, 2.75) is 13.3 Å². The van der Waals surface area contributed by atoms with Crippen LogP contribution in [0.2, 0.25) is 0 Å². The molecular weight excluding hydrogens is 209 g/mol. The summed E-state index contributed by atoms with van der Waals surface area (Å²) in [4.78, 5) is 14.7. The number of hydrogen-bond acceptors (Lipinski definition) is 4. The van der Waals surface area contributed by atoms with Crippen LogP contribution in [0.4, 0.5) is 5.69 Å². The summed E-state index contributed by atoms with van der Waals surface area (Å²) in [7, 11) is -1.02. The third-order valence-corrected chi connectivity index (χ3v) is 2.28. The van der Waals surface area contributed by atoms with E-state index in [0.717, 1.165) is 0 Å². The van der Waals surface area contributed by atoms with E-state index in [1.165, 1.54) is 0 Å². The van der Waals surface area contributed by atoms with Gasteiger partial charge < -0.3 is 14.8 Å². The number of aliphatic carboxylic acids is 1. The molecule has 16 heavy (non-hydrogen) atoms. The van der Waals surface area contributed by atoms with Crippen LogP contribution in [0.5, 0.6) is 0 Å². The van der Waals surface area contributed by atoms with Gasteiger partial charge in [0.25, 0.3) is 0 Å². The normalized spacial score (nSPS) is 13.9. The summed E-state index contributed by atoms with van der Waals surface area (Å²) in [5, 5.41) is 18.3. The fraction of sp³-hybridized carbons (Fsp3) is 0.200. The number of rotatable bonds is 2. The SMILES string of the molecule is CC1=Nc2cc(CC(=O)O)ccc2B(O)O1. The second-order valence-electron chi connectivity index (χ2n) is 3.56. The topological polar surface area (TPSA) is 79.1 Å². The highest BCUT2D eigenvalue weighted by molar-refractivity contribution is 6.64. The Morgan fingerprint density at radius 2 is 2.31 bits per heavy atom. The van der Waals surface area contributed by atoms with Crippen LogP contribution < -0.4 is 5.46 Å². The van der Waals surface area contributed by atoms with Crippen LogP contribution in [-0.2, 0) is 15.9 Å². The zero-order chi connectivity index (χ0) is 11.7.